The Balaban J connectivity index is 2.33. The second-order valence-corrected chi connectivity index (χ2v) is 8.02. The molecule has 0 aliphatic rings. The third-order valence-electron chi connectivity index (χ3n) is 4.39. The van der Waals surface area contributed by atoms with Crippen LogP contribution in [0.4, 0.5) is 0 Å². The highest BCUT2D eigenvalue weighted by Gasteiger charge is 2.28. The van der Waals surface area contributed by atoms with Gasteiger partial charge >= 0.3 is 0 Å². The molecule has 0 heterocycles. The van der Waals surface area contributed by atoms with Gasteiger partial charge in [-0.1, -0.05) is 82.8 Å². The summed E-state index contributed by atoms with van der Waals surface area (Å²) in [7, 11) is 0. The van der Waals surface area contributed by atoms with E-state index in [1.54, 1.807) is 0 Å². The zero-order valence-corrected chi connectivity index (χ0v) is 17.4. The lowest BCUT2D eigenvalue weighted by Crippen LogP contribution is -2.21. The van der Waals surface area contributed by atoms with Gasteiger partial charge in [0.25, 0.3) is 0 Å². The van der Waals surface area contributed by atoms with E-state index in [1.165, 1.54) is 0 Å². The van der Waals surface area contributed by atoms with Gasteiger partial charge in [0.1, 0.15) is 5.78 Å². The molecule has 0 spiro atoms. The number of hydrogen-bond acceptors (Lipinski definition) is 1. The molecule has 2 rings (SSSR count). The summed E-state index contributed by atoms with van der Waals surface area (Å²) in [6.07, 6.45) is 3.81. The van der Waals surface area contributed by atoms with Crippen LogP contribution in [0.5, 0.6) is 0 Å². The lowest BCUT2D eigenvalue weighted by Gasteiger charge is -2.23. The number of hydrogen-bond donors (Lipinski definition) is 0. The Bertz CT molecular complexity index is 589. The molecule has 0 fully saturated rings. The van der Waals surface area contributed by atoms with Crippen molar-refractivity contribution in [2.75, 3.05) is 0 Å². The highest BCUT2D eigenvalue weighted by molar-refractivity contribution is 9.10. The summed E-state index contributed by atoms with van der Waals surface area (Å²) >= 11 is 6.96. The van der Waals surface area contributed by atoms with Gasteiger partial charge in [-0.15, -0.1) is 0 Å². The van der Waals surface area contributed by atoms with Crippen molar-refractivity contribution < 1.29 is 4.79 Å². The van der Waals surface area contributed by atoms with E-state index in [0.717, 1.165) is 45.8 Å². The van der Waals surface area contributed by atoms with E-state index in [0.29, 0.717) is 5.78 Å². The van der Waals surface area contributed by atoms with Gasteiger partial charge in [-0.05, 0) is 48.2 Å². The van der Waals surface area contributed by atoms with Crippen LogP contribution in [0.25, 0.3) is 0 Å². The summed E-state index contributed by atoms with van der Waals surface area (Å²) in [5.41, 5.74) is 2.26. The van der Waals surface area contributed by atoms with E-state index in [2.05, 4.69) is 70.0 Å². The number of Topliss-reactive ketones (excluding diaryl/α,β-unsaturated/α-hetero) is 1. The Morgan fingerprint density at radius 2 is 1.08 bits per heavy atom. The molecule has 1 nitrogen and oxygen atoms in total. The second kappa shape index (κ2) is 9.53. The summed E-state index contributed by atoms with van der Waals surface area (Å²) in [4.78, 5) is 13.4. The maximum atomic E-state index is 13.4. The van der Waals surface area contributed by atoms with Gasteiger partial charge < -0.3 is 0 Å². The van der Waals surface area contributed by atoms with E-state index < -0.39 is 0 Å². The number of rotatable bonds is 8. The van der Waals surface area contributed by atoms with E-state index in [9.17, 15) is 4.79 Å². The molecule has 0 aromatic heterocycles. The molecular formula is C21H24Br2O. The first-order valence-corrected chi connectivity index (χ1v) is 10.2. The number of carbonyl (C=O) groups excluding carboxylic acids is 1. The minimum absolute atomic E-state index is 0.0247. The molecule has 0 N–H and O–H groups in total. The summed E-state index contributed by atoms with van der Waals surface area (Å²) in [5.74, 6) is 0.301. The minimum Gasteiger partial charge on any atom is -0.298 e. The summed E-state index contributed by atoms with van der Waals surface area (Å²) in [5, 5.41) is 0. The van der Waals surface area contributed by atoms with E-state index in [-0.39, 0.29) is 11.8 Å². The highest BCUT2D eigenvalue weighted by atomic mass is 79.9. The first-order valence-electron chi connectivity index (χ1n) is 8.61. The van der Waals surface area contributed by atoms with Crippen LogP contribution in [-0.4, -0.2) is 5.78 Å². The van der Waals surface area contributed by atoms with Gasteiger partial charge in [0.15, 0.2) is 0 Å². The van der Waals surface area contributed by atoms with Gasteiger partial charge in [-0.3, -0.25) is 4.79 Å². The number of ketones is 1. The summed E-state index contributed by atoms with van der Waals surface area (Å²) in [6, 6.07) is 16.4. The standard InChI is InChI=1S/C21H24Br2O/c1-3-5-19(15-7-11-17(22)12-8-15)21(24)20(6-4-2)16-9-13-18(23)14-10-16/h7-14,19-20H,3-6H2,1-2H3. The number of halogens is 2. The molecule has 2 atom stereocenters. The molecule has 0 aliphatic heterocycles. The van der Waals surface area contributed by atoms with Crippen LogP contribution in [0, 0.1) is 0 Å². The maximum Gasteiger partial charge on any atom is 0.147 e. The molecule has 0 bridgehead atoms. The molecule has 2 aromatic rings. The molecule has 0 radical (unpaired) electrons. The monoisotopic (exact) mass is 450 g/mol. The zero-order valence-electron chi connectivity index (χ0n) is 14.3. The third-order valence-corrected chi connectivity index (χ3v) is 5.44. The predicted octanol–water partition coefficient (Wildman–Crippen LogP) is 7.25. The van der Waals surface area contributed by atoms with Gasteiger partial charge in [-0.25, -0.2) is 0 Å². The van der Waals surface area contributed by atoms with Gasteiger partial charge in [0.05, 0.1) is 0 Å². The zero-order chi connectivity index (χ0) is 17.5. The largest absolute Gasteiger partial charge is 0.298 e. The third kappa shape index (κ3) is 5.03. The second-order valence-electron chi connectivity index (χ2n) is 6.19. The molecule has 0 saturated carbocycles. The Morgan fingerprint density at radius 1 is 0.750 bits per heavy atom. The van der Waals surface area contributed by atoms with Crippen LogP contribution >= 0.6 is 31.9 Å². The van der Waals surface area contributed by atoms with Crippen LogP contribution in [-0.2, 0) is 4.79 Å². The fraction of sp³-hybridized carbons (Fsp3) is 0.381. The first-order chi connectivity index (χ1) is 11.6. The van der Waals surface area contributed by atoms with Crippen molar-refractivity contribution >= 4 is 37.6 Å². The van der Waals surface area contributed by atoms with Crippen LogP contribution in [0.2, 0.25) is 0 Å². The lowest BCUT2D eigenvalue weighted by molar-refractivity contribution is -0.122. The molecule has 0 saturated heterocycles. The average Bonchev–Trinajstić information content (AvgIpc) is 2.59. The normalized spacial score (nSPS) is 13.5. The predicted molar refractivity (Wildman–Crippen MR) is 109 cm³/mol. The van der Waals surface area contributed by atoms with E-state index >= 15 is 0 Å². The topological polar surface area (TPSA) is 17.1 Å². The van der Waals surface area contributed by atoms with Crippen molar-refractivity contribution in [2.24, 2.45) is 0 Å². The lowest BCUT2D eigenvalue weighted by atomic mass is 9.79. The van der Waals surface area contributed by atoms with Crippen molar-refractivity contribution in [1.29, 1.82) is 0 Å². The quantitative estimate of drug-likeness (QED) is 0.413. The van der Waals surface area contributed by atoms with Crippen LogP contribution in [0.1, 0.15) is 62.5 Å². The average molecular weight is 452 g/mol. The fourth-order valence-electron chi connectivity index (χ4n) is 3.16. The maximum absolute atomic E-state index is 13.4. The summed E-state index contributed by atoms with van der Waals surface area (Å²) in [6.45, 7) is 4.29. The van der Waals surface area contributed by atoms with Crippen molar-refractivity contribution in [3.8, 4) is 0 Å². The number of benzene rings is 2. The van der Waals surface area contributed by atoms with E-state index in [4.69, 9.17) is 0 Å². The molecule has 2 unspecified atom stereocenters. The van der Waals surface area contributed by atoms with Crippen LogP contribution in [0.3, 0.4) is 0 Å². The Kier molecular flexibility index (Phi) is 7.70. The molecular weight excluding hydrogens is 428 g/mol. The Morgan fingerprint density at radius 3 is 1.38 bits per heavy atom. The van der Waals surface area contributed by atoms with Crippen molar-refractivity contribution in [3.05, 3.63) is 68.6 Å². The molecule has 128 valence electrons. The van der Waals surface area contributed by atoms with Crippen molar-refractivity contribution in [1.82, 2.24) is 0 Å². The summed E-state index contributed by atoms with van der Waals surface area (Å²) < 4.78 is 2.10. The Hall–Kier alpha value is -0.930. The highest BCUT2D eigenvalue weighted by Crippen LogP contribution is 2.33. The Labute approximate surface area is 162 Å². The van der Waals surface area contributed by atoms with Crippen molar-refractivity contribution in [2.45, 2.75) is 51.4 Å². The van der Waals surface area contributed by atoms with Crippen molar-refractivity contribution in [3.63, 3.8) is 0 Å². The number of carbonyl (C=O) groups is 1. The molecule has 2 aromatic carbocycles. The first kappa shape index (κ1) is 19.4. The molecule has 24 heavy (non-hydrogen) atoms. The SMILES string of the molecule is CCCC(C(=O)C(CCC)c1ccc(Br)cc1)c1ccc(Br)cc1. The molecule has 0 aliphatic carbocycles. The van der Waals surface area contributed by atoms with Crippen LogP contribution in [0.15, 0.2) is 57.5 Å². The smallest absolute Gasteiger partial charge is 0.147 e. The van der Waals surface area contributed by atoms with Crippen LogP contribution < -0.4 is 0 Å². The van der Waals surface area contributed by atoms with Gasteiger partial charge in [0.2, 0.25) is 0 Å². The van der Waals surface area contributed by atoms with Gasteiger partial charge in [-0.2, -0.15) is 0 Å². The molecule has 0 amide bonds. The fourth-order valence-corrected chi connectivity index (χ4v) is 3.69. The van der Waals surface area contributed by atoms with Gasteiger partial charge in [0, 0.05) is 20.8 Å². The minimum atomic E-state index is -0.0247. The molecule has 3 heteroatoms. The van der Waals surface area contributed by atoms with E-state index in [1.807, 2.05) is 24.3 Å².